The third-order valence-electron chi connectivity index (χ3n) is 4.22. The Morgan fingerprint density at radius 1 is 1.04 bits per heavy atom. The SMILES string of the molecule is COc1cc2c(c(OC)c1OC)[C@@H](c1ccc(Cl)cc1Cl)CC(=O)N2. The van der Waals surface area contributed by atoms with Crippen molar-refractivity contribution in [3.05, 3.63) is 45.4 Å². The number of anilines is 1. The first kappa shape index (κ1) is 17.7. The molecule has 3 rings (SSSR count). The zero-order chi connectivity index (χ0) is 18.1. The second-order valence-corrected chi connectivity index (χ2v) is 6.42. The van der Waals surface area contributed by atoms with Gasteiger partial charge >= 0.3 is 0 Å². The maximum atomic E-state index is 12.2. The molecule has 7 heteroatoms. The van der Waals surface area contributed by atoms with Gasteiger partial charge in [-0.2, -0.15) is 0 Å². The van der Waals surface area contributed by atoms with Crippen molar-refractivity contribution in [2.45, 2.75) is 12.3 Å². The van der Waals surface area contributed by atoms with Gasteiger partial charge in [-0.25, -0.2) is 0 Å². The molecule has 5 nitrogen and oxygen atoms in total. The van der Waals surface area contributed by atoms with Gasteiger partial charge in [-0.1, -0.05) is 29.3 Å². The summed E-state index contributed by atoms with van der Waals surface area (Å²) in [6.45, 7) is 0. The quantitative estimate of drug-likeness (QED) is 0.847. The van der Waals surface area contributed by atoms with Crippen LogP contribution in [-0.4, -0.2) is 27.2 Å². The number of carbonyl (C=O) groups excluding carboxylic acids is 1. The molecule has 0 spiro atoms. The van der Waals surface area contributed by atoms with Crippen molar-refractivity contribution in [3.63, 3.8) is 0 Å². The molecular weight excluding hydrogens is 365 g/mol. The molecule has 2 aromatic carbocycles. The fourth-order valence-corrected chi connectivity index (χ4v) is 3.71. The Morgan fingerprint density at radius 2 is 1.76 bits per heavy atom. The number of hydrogen-bond acceptors (Lipinski definition) is 4. The Bertz CT molecular complexity index is 838. The van der Waals surface area contributed by atoms with Gasteiger partial charge in [-0.05, 0) is 17.7 Å². The van der Waals surface area contributed by atoms with E-state index < -0.39 is 0 Å². The molecule has 132 valence electrons. The zero-order valence-electron chi connectivity index (χ0n) is 14.0. The first-order valence-electron chi connectivity index (χ1n) is 7.57. The molecule has 1 aliphatic heterocycles. The number of benzene rings is 2. The smallest absolute Gasteiger partial charge is 0.225 e. The number of nitrogens with one attached hydrogen (secondary N) is 1. The monoisotopic (exact) mass is 381 g/mol. The lowest BCUT2D eigenvalue weighted by atomic mass is 9.83. The molecule has 0 radical (unpaired) electrons. The topological polar surface area (TPSA) is 56.8 Å². The highest BCUT2D eigenvalue weighted by Crippen LogP contribution is 2.52. The van der Waals surface area contributed by atoms with Crippen LogP contribution in [0.3, 0.4) is 0 Å². The van der Waals surface area contributed by atoms with E-state index in [1.54, 1.807) is 32.4 Å². The summed E-state index contributed by atoms with van der Waals surface area (Å²) in [6.07, 6.45) is 0.236. The molecule has 0 aromatic heterocycles. The third kappa shape index (κ3) is 3.10. The van der Waals surface area contributed by atoms with E-state index in [2.05, 4.69) is 5.32 Å². The summed E-state index contributed by atoms with van der Waals surface area (Å²) in [7, 11) is 4.62. The first-order chi connectivity index (χ1) is 12.0. The van der Waals surface area contributed by atoms with Crippen LogP contribution in [0.2, 0.25) is 10.0 Å². The van der Waals surface area contributed by atoms with Crippen LogP contribution in [0, 0.1) is 0 Å². The third-order valence-corrected chi connectivity index (χ3v) is 4.78. The molecular formula is C18H17Cl2NO4. The summed E-state index contributed by atoms with van der Waals surface area (Å²) >= 11 is 12.4. The van der Waals surface area contributed by atoms with E-state index in [4.69, 9.17) is 37.4 Å². The van der Waals surface area contributed by atoms with E-state index in [0.717, 1.165) is 11.1 Å². The van der Waals surface area contributed by atoms with Gasteiger partial charge in [0.1, 0.15) is 0 Å². The van der Waals surface area contributed by atoms with Crippen molar-refractivity contribution < 1.29 is 19.0 Å². The minimum atomic E-state index is -0.289. The van der Waals surface area contributed by atoms with E-state index in [1.807, 2.05) is 6.07 Å². The van der Waals surface area contributed by atoms with Crippen LogP contribution in [0.1, 0.15) is 23.5 Å². The molecule has 0 bridgehead atoms. The van der Waals surface area contributed by atoms with Crippen molar-refractivity contribution in [2.75, 3.05) is 26.6 Å². The number of hydrogen-bond donors (Lipinski definition) is 1. The summed E-state index contributed by atoms with van der Waals surface area (Å²) in [5, 5.41) is 3.90. The highest BCUT2D eigenvalue weighted by molar-refractivity contribution is 6.35. The summed E-state index contributed by atoms with van der Waals surface area (Å²) in [6, 6.07) is 6.97. The molecule has 1 N–H and O–H groups in total. The Balaban J connectivity index is 2.27. The highest BCUT2D eigenvalue weighted by Gasteiger charge is 2.34. The van der Waals surface area contributed by atoms with Gasteiger partial charge in [0.15, 0.2) is 11.5 Å². The Morgan fingerprint density at radius 3 is 2.36 bits per heavy atom. The van der Waals surface area contributed by atoms with Crippen molar-refractivity contribution in [3.8, 4) is 17.2 Å². The summed E-state index contributed by atoms with van der Waals surface area (Å²) in [5.41, 5.74) is 2.21. The summed E-state index contributed by atoms with van der Waals surface area (Å²) in [5.74, 6) is 1.05. The molecule has 1 atom stereocenters. The number of rotatable bonds is 4. The van der Waals surface area contributed by atoms with Crippen LogP contribution in [-0.2, 0) is 4.79 Å². The van der Waals surface area contributed by atoms with Crippen LogP contribution >= 0.6 is 23.2 Å². The Kier molecular flexibility index (Phi) is 4.97. The van der Waals surface area contributed by atoms with Gasteiger partial charge in [0.25, 0.3) is 0 Å². The van der Waals surface area contributed by atoms with E-state index in [1.165, 1.54) is 7.11 Å². The van der Waals surface area contributed by atoms with E-state index >= 15 is 0 Å². The average Bonchev–Trinajstić information content (AvgIpc) is 2.59. The molecule has 0 fully saturated rings. The van der Waals surface area contributed by atoms with Crippen LogP contribution in [0.25, 0.3) is 0 Å². The second kappa shape index (κ2) is 7.02. The number of fused-ring (bicyclic) bond motifs is 1. The van der Waals surface area contributed by atoms with Crippen LogP contribution in [0.5, 0.6) is 17.2 Å². The van der Waals surface area contributed by atoms with Crippen LogP contribution in [0.4, 0.5) is 5.69 Å². The van der Waals surface area contributed by atoms with Crippen LogP contribution in [0.15, 0.2) is 24.3 Å². The van der Waals surface area contributed by atoms with Crippen LogP contribution < -0.4 is 19.5 Å². The molecule has 2 aromatic rings. The van der Waals surface area contributed by atoms with Gasteiger partial charge < -0.3 is 19.5 Å². The molecule has 0 saturated carbocycles. The van der Waals surface area contributed by atoms with Gasteiger partial charge in [0.05, 0.1) is 27.0 Å². The lowest BCUT2D eigenvalue weighted by Crippen LogP contribution is -2.24. The minimum Gasteiger partial charge on any atom is -0.493 e. The lowest BCUT2D eigenvalue weighted by molar-refractivity contribution is -0.116. The minimum absolute atomic E-state index is 0.113. The van der Waals surface area contributed by atoms with Crippen molar-refractivity contribution >= 4 is 34.8 Å². The molecule has 1 amide bonds. The van der Waals surface area contributed by atoms with E-state index in [0.29, 0.717) is 33.0 Å². The molecule has 0 unspecified atom stereocenters. The van der Waals surface area contributed by atoms with E-state index in [9.17, 15) is 4.79 Å². The molecule has 0 saturated heterocycles. The fourth-order valence-electron chi connectivity index (χ4n) is 3.17. The average molecular weight is 382 g/mol. The van der Waals surface area contributed by atoms with Crippen molar-refractivity contribution in [1.29, 1.82) is 0 Å². The number of amides is 1. The van der Waals surface area contributed by atoms with Gasteiger partial charge in [0.2, 0.25) is 11.7 Å². The predicted molar refractivity (Wildman–Crippen MR) is 97.6 cm³/mol. The number of methoxy groups -OCH3 is 3. The fraction of sp³-hybridized carbons (Fsp3) is 0.278. The standard InChI is InChI=1S/C18H17Cl2NO4/c1-23-14-8-13-16(18(25-3)17(14)24-2)11(7-15(22)21-13)10-5-4-9(19)6-12(10)20/h4-6,8,11H,7H2,1-3H3,(H,21,22)/t11-/m1/s1. The Hall–Kier alpha value is -2.11. The maximum Gasteiger partial charge on any atom is 0.225 e. The Labute approximate surface area is 155 Å². The molecule has 1 heterocycles. The molecule has 25 heavy (non-hydrogen) atoms. The maximum absolute atomic E-state index is 12.2. The highest BCUT2D eigenvalue weighted by atomic mass is 35.5. The normalized spacial score (nSPS) is 16.0. The number of ether oxygens (including phenoxy) is 3. The van der Waals surface area contributed by atoms with E-state index in [-0.39, 0.29) is 18.2 Å². The molecule has 0 aliphatic carbocycles. The van der Waals surface area contributed by atoms with Gasteiger partial charge in [0, 0.05) is 34.0 Å². The summed E-state index contributed by atoms with van der Waals surface area (Å²) < 4.78 is 16.4. The van der Waals surface area contributed by atoms with Gasteiger partial charge in [-0.15, -0.1) is 0 Å². The predicted octanol–water partition coefficient (Wildman–Crippen LogP) is 4.49. The zero-order valence-corrected chi connectivity index (χ0v) is 15.5. The van der Waals surface area contributed by atoms with Gasteiger partial charge in [-0.3, -0.25) is 4.79 Å². The van der Waals surface area contributed by atoms with Crippen molar-refractivity contribution in [2.24, 2.45) is 0 Å². The largest absolute Gasteiger partial charge is 0.493 e. The number of halogens is 2. The lowest BCUT2D eigenvalue weighted by Gasteiger charge is -2.30. The number of carbonyl (C=O) groups is 1. The summed E-state index contributed by atoms with van der Waals surface area (Å²) in [4.78, 5) is 12.2. The van der Waals surface area contributed by atoms with Crippen molar-refractivity contribution in [1.82, 2.24) is 0 Å². The second-order valence-electron chi connectivity index (χ2n) is 5.58. The molecule has 1 aliphatic rings. The first-order valence-corrected chi connectivity index (χ1v) is 8.33.